The maximum absolute atomic E-state index is 13.2. The number of halogens is 1. The van der Waals surface area contributed by atoms with Gasteiger partial charge in [-0.25, -0.2) is 8.42 Å². The van der Waals surface area contributed by atoms with Gasteiger partial charge < -0.3 is 10.3 Å². The number of anilines is 1. The first-order valence-corrected chi connectivity index (χ1v) is 10.8. The van der Waals surface area contributed by atoms with Gasteiger partial charge in [0.25, 0.3) is 0 Å². The van der Waals surface area contributed by atoms with Crippen LogP contribution in [0.25, 0.3) is 0 Å². The molecule has 0 unspecified atom stereocenters. The second kappa shape index (κ2) is 7.25. The third kappa shape index (κ3) is 3.26. The average molecular weight is 396 g/mol. The zero-order chi connectivity index (χ0) is 19.1. The fourth-order valence-corrected chi connectivity index (χ4v) is 5.69. The largest absolute Gasteiger partial charge is 0.384 e. The second-order valence-electron chi connectivity index (χ2n) is 6.92. The molecule has 26 heavy (non-hydrogen) atoms. The number of nitrogen functional groups attached to an aromatic ring is 1. The predicted octanol–water partition coefficient (Wildman–Crippen LogP) is 3.66. The Morgan fingerprint density at radius 1 is 1.23 bits per heavy atom. The lowest BCUT2D eigenvalue weighted by atomic mass is 10.2. The molecule has 7 heteroatoms. The van der Waals surface area contributed by atoms with E-state index >= 15 is 0 Å². The number of sulfone groups is 1. The maximum Gasteiger partial charge on any atom is 0.210 e. The molecule has 1 aliphatic rings. The van der Waals surface area contributed by atoms with Gasteiger partial charge in [0.1, 0.15) is 10.7 Å². The third-order valence-electron chi connectivity index (χ3n) is 5.50. The number of benzene rings is 1. The van der Waals surface area contributed by atoms with E-state index in [0.717, 1.165) is 37.3 Å². The minimum Gasteiger partial charge on any atom is -0.384 e. The van der Waals surface area contributed by atoms with Crippen LogP contribution in [0.4, 0.5) is 5.82 Å². The van der Waals surface area contributed by atoms with Crippen LogP contribution in [0.5, 0.6) is 0 Å². The normalized spacial score (nSPS) is 18.5. The van der Waals surface area contributed by atoms with E-state index in [-0.39, 0.29) is 9.79 Å². The molecule has 1 fully saturated rings. The standard InChI is InChI=1S/C19H26ClN3O2S/c1-4-22-11-5-6-16(22)12-23-14(3)13(2)18(19(23)21)26(24,25)17-9-7-15(20)8-10-17/h7-10,16H,4-6,11-12,21H2,1-3H3/t16-/m0/s1. The lowest BCUT2D eigenvalue weighted by molar-refractivity contribution is 0.244. The van der Waals surface area contributed by atoms with E-state index in [1.165, 1.54) is 18.6 Å². The molecule has 5 nitrogen and oxygen atoms in total. The number of aromatic nitrogens is 1. The molecule has 2 heterocycles. The molecule has 0 radical (unpaired) electrons. The van der Waals surface area contributed by atoms with Crippen molar-refractivity contribution in [3.05, 3.63) is 40.5 Å². The summed E-state index contributed by atoms with van der Waals surface area (Å²) in [7, 11) is -3.69. The highest BCUT2D eigenvalue weighted by atomic mass is 35.5. The maximum atomic E-state index is 13.2. The summed E-state index contributed by atoms with van der Waals surface area (Å²) >= 11 is 5.89. The molecule has 142 valence electrons. The van der Waals surface area contributed by atoms with Gasteiger partial charge in [0, 0.05) is 23.3 Å². The first-order chi connectivity index (χ1) is 12.3. The summed E-state index contributed by atoms with van der Waals surface area (Å²) < 4.78 is 28.3. The number of likely N-dealkylation sites (N-methyl/N-ethyl adjacent to an activating group) is 1. The van der Waals surface area contributed by atoms with Gasteiger partial charge in [-0.15, -0.1) is 0 Å². The average Bonchev–Trinajstić information content (AvgIpc) is 3.13. The third-order valence-corrected chi connectivity index (χ3v) is 7.70. The zero-order valence-corrected chi connectivity index (χ0v) is 17.1. The van der Waals surface area contributed by atoms with Crippen LogP contribution in [0, 0.1) is 13.8 Å². The Kier molecular flexibility index (Phi) is 5.37. The van der Waals surface area contributed by atoms with E-state index in [1.807, 2.05) is 18.4 Å². The van der Waals surface area contributed by atoms with E-state index in [0.29, 0.717) is 16.9 Å². The Labute approximate surface area is 160 Å². The van der Waals surface area contributed by atoms with Gasteiger partial charge in [-0.1, -0.05) is 18.5 Å². The highest BCUT2D eigenvalue weighted by Gasteiger charge is 2.30. The molecule has 0 aliphatic carbocycles. The van der Waals surface area contributed by atoms with Crippen LogP contribution in [0.3, 0.4) is 0 Å². The van der Waals surface area contributed by atoms with Gasteiger partial charge in [-0.05, 0) is 69.6 Å². The summed E-state index contributed by atoms with van der Waals surface area (Å²) in [6.07, 6.45) is 2.29. The zero-order valence-electron chi connectivity index (χ0n) is 15.5. The molecule has 2 aromatic rings. The van der Waals surface area contributed by atoms with Crippen molar-refractivity contribution < 1.29 is 8.42 Å². The summed E-state index contributed by atoms with van der Waals surface area (Å²) in [4.78, 5) is 2.87. The van der Waals surface area contributed by atoms with Crippen molar-refractivity contribution in [3.8, 4) is 0 Å². The van der Waals surface area contributed by atoms with E-state index in [1.54, 1.807) is 12.1 Å². The molecular weight excluding hydrogens is 370 g/mol. The number of rotatable bonds is 5. The van der Waals surface area contributed by atoms with Gasteiger partial charge >= 0.3 is 0 Å². The van der Waals surface area contributed by atoms with Crippen molar-refractivity contribution in [2.24, 2.45) is 0 Å². The first kappa shape index (κ1) is 19.3. The number of nitrogens with zero attached hydrogens (tertiary/aromatic N) is 2. The van der Waals surface area contributed by atoms with Crippen LogP contribution in [-0.4, -0.2) is 37.0 Å². The van der Waals surface area contributed by atoms with Crippen molar-refractivity contribution in [3.63, 3.8) is 0 Å². The quantitative estimate of drug-likeness (QED) is 0.838. The lowest BCUT2D eigenvalue weighted by Gasteiger charge is -2.24. The summed E-state index contributed by atoms with van der Waals surface area (Å²) in [6.45, 7) is 8.75. The van der Waals surface area contributed by atoms with Gasteiger partial charge in [-0.2, -0.15) is 0 Å². The van der Waals surface area contributed by atoms with Gasteiger partial charge in [0.2, 0.25) is 9.84 Å². The Balaban J connectivity index is 2.03. The molecule has 1 aliphatic heterocycles. The van der Waals surface area contributed by atoms with Crippen LogP contribution in [0.1, 0.15) is 31.0 Å². The topological polar surface area (TPSA) is 68.3 Å². The molecule has 0 bridgehead atoms. The van der Waals surface area contributed by atoms with E-state index in [2.05, 4.69) is 11.8 Å². The highest BCUT2D eigenvalue weighted by Crippen LogP contribution is 2.34. The van der Waals surface area contributed by atoms with Crippen LogP contribution in [-0.2, 0) is 16.4 Å². The molecule has 1 saturated heterocycles. The van der Waals surface area contributed by atoms with E-state index < -0.39 is 9.84 Å². The summed E-state index contributed by atoms with van der Waals surface area (Å²) in [5.74, 6) is 0.331. The summed E-state index contributed by atoms with van der Waals surface area (Å²) in [5.41, 5.74) is 8.00. The molecule has 0 saturated carbocycles. The molecular formula is C19H26ClN3O2S. The fraction of sp³-hybridized carbons (Fsp3) is 0.474. The molecule has 1 atom stereocenters. The summed E-state index contributed by atoms with van der Waals surface area (Å²) in [5, 5.41) is 0.503. The van der Waals surface area contributed by atoms with Crippen molar-refractivity contribution in [1.82, 2.24) is 9.47 Å². The van der Waals surface area contributed by atoms with Crippen molar-refractivity contribution >= 4 is 27.3 Å². The number of nitrogens with two attached hydrogens (primary N) is 1. The van der Waals surface area contributed by atoms with Gasteiger partial charge in [0.05, 0.1) is 4.90 Å². The molecule has 3 rings (SSSR count). The first-order valence-electron chi connectivity index (χ1n) is 8.97. The molecule has 0 amide bonds. The van der Waals surface area contributed by atoms with E-state index in [4.69, 9.17) is 17.3 Å². The second-order valence-corrected chi connectivity index (χ2v) is 9.24. The smallest absolute Gasteiger partial charge is 0.210 e. The predicted molar refractivity (Wildman–Crippen MR) is 105 cm³/mol. The minimum atomic E-state index is -3.69. The van der Waals surface area contributed by atoms with Crippen LogP contribution in [0.2, 0.25) is 5.02 Å². The summed E-state index contributed by atoms with van der Waals surface area (Å²) in [6, 6.07) is 6.62. The molecule has 2 N–H and O–H groups in total. The number of likely N-dealkylation sites (tertiary alicyclic amines) is 1. The van der Waals surface area contributed by atoms with Crippen molar-refractivity contribution in [2.45, 2.75) is 56.0 Å². The number of hydrogen-bond donors (Lipinski definition) is 1. The highest BCUT2D eigenvalue weighted by molar-refractivity contribution is 7.91. The minimum absolute atomic E-state index is 0.213. The monoisotopic (exact) mass is 395 g/mol. The van der Waals surface area contributed by atoms with Crippen molar-refractivity contribution in [1.29, 1.82) is 0 Å². The van der Waals surface area contributed by atoms with Crippen LogP contribution in [0.15, 0.2) is 34.1 Å². The SMILES string of the molecule is CCN1CCC[C@H]1Cn1c(C)c(C)c(S(=O)(=O)c2ccc(Cl)cc2)c1N. The Morgan fingerprint density at radius 3 is 2.50 bits per heavy atom. The number of hydrogen-bond acceptors (Lipinski definition) is 4. The van der Waals surface area contributed by atoms with Gasteiger partial charge in [0.15, 0.2) is 0 Å². The Bertz CT molecular complexity index is 904. The van der Waals surface area contributed by atoms with Gasteiger partial charge in [-0.3, -0.25) is 4.90 Å². The Morgan fingerprint density at radius 2 is 1.88 bits per heavy atom. The van der Waals surface area contributed by atoms with Crippen LogP contribution >= 0.6 is 11.6 Å². The van der Waals surface area contributed by atoms with Crippen molar-refractivity contribution in [2.75, 3.05) is 18.8 Å². The van der Waals surface area contributed by atoms with Crippen LogP contribution < -0.4 is 5.73 Å². The molecule has 0 spiro atoms. The fourth-order valence-electron chi connectivity index (χ4n) is 3.90. The molecule has 1 aromatic heterocycles. The lowest BCUT2D eigenvalue weighted by Crippen LogP contribution is -2.33. The Hall–Kier alpha value is -1.50. The van der Waals surface area contributed by atoms with E-state index in [9.17, 15) is 8.42 Å². The molecule has 1 aromatic carbocycles.